The topological polar surface area (TPSA) is 76.0 Å². The van der Waals surface area contributed by atoms with Gasteiger partial charge < -0.3 is 5.11 Å². The smallest absolute Gasteiger partial charge is 0.306 e. The van der Waals surface area contributed by atoms with Gasteiger partial charge in [-0.1, -0.05) is 0 Å². The van der Waals surface area contributed by atoms with E-state index in [2.05, 4.69) is 15.0 Å². The SMILES string of the molecule is Cc1ccnc(-c2ncc3c(n2)CCC(C(=O)O)C3)c1. The second kappa shape index (κ2) is 5.00. The van der Waals surface area contributed by atoms with Gasteiger partial charge in [0, 0.05) is 18.1 Å². The van der Waals surface area contributed by atoms with E-state index in [9.17, 15) is 4.79 Å². The van der Waals surface area contributed by atoms with Crippen LogP contribution in [0.5, 0.6) is 0 Å². The summed E-state index contributed by atoms with van der Waals surface area (Å²) < 4.78 is 0. The number of hydrogen-bond donors (Lipinski definition) is 1. The molecule has 1 aliphatic carbocycles. The van der Waals surface area contributed by atoms with Gasteiger partial charge in [-0.05, 0) is 49.4 Å². The van der Waals surface area contributed by atoms with Crippen LogP contribution in [0.1, 0.15) is 23.2 Å². The standard InChI is InChI=1S/C15H15N3O2/c1-9-4-5-16-13(6-9)14-17-8-11-7-10(15(19)20)2-3-12(11)18-14/h4-6,8,10H,2-3,7H2,1H3,(H,19,20). The van der Waals surface area contributed by atoms with Crippen molar-refractivity contribution in [2.24, 2.45) is 5.92 Å². The maximum Gasteiger partial charge on any atom is 0.306 e. The van der Waals surface area contributed by atoms with E-state index in [1.54, 1.807) is 12.4 Å². The van der Waals surface area contributed by atoms with Crippen LogP contribution in [0.15, 0.2) is 24.5 Å². The Bertz CT molecular complexity index is 670. The van der Waals surface area contributed by atoms with Crippen LogP contribution < -0.4 is 0 Å². The van der Waals surface area contributed by atoms with Gasteiger partial charge in [-0.25, -0.2) is 9.97 Å². The van der Waals surface area contributed by atoms with E-state index >= 15 is 0 Å². The molecule has 1 atom stereocenters. The fraction of sp³-hybridized carbons (Fsp3) is 0.333. The number of aliphatic carboxylic acids is 1. The number of hydrogen-bond acceptors (Lipinski definition) is 4. The fourth-order valence-corrected chi connectivity index (χ4v) is 2.50. The van der Waals surface area contributed by atoms with Crippen LogP contribution in [0.2, 0.25) is 0 Å². The first kappa shape index (κ1) is 12.7. The van der Waals surface area contributed by atoms with Crippen LogP contribution in [0, 0.1) is 12.8 Å². The Morgan fingerprint density at radius 2 is 2.25 bits per heavy atom. The minimum atomic E-state index is -0.736. The summed E-state index contributed by atoms with van der Waals surface area (Å²) in [6.45, 7) is 2.00. The van der Waals surface area contributed by atoms with Crippen molar-refractivity contribution < 1.29 is 9.90 Å². The molecule has 0 aliphatic heterocycles. The lowest BCUT2D eigenvalue weighted by Crippen LogP contribution is -2.23. The van der Waals surface area contributed by atoms with Gasteiger partial charge in [0.1, 0.15) is 5.69 Å². The molecule has 2 aromatic heterocycles. The summed E-state index contributed by atoms with van der Waals surface area (Å²) >= 11 is 0. The summed E-state index contributed by atoms with van der Waals surface area (Å²) in [5.74, 6) is -0.435. The number of pyridine rings is 1. The van der Waals surface area contributed by atoms with Crippen LogP contribution in [0.4, 0.5) is 0 Å². The molecule has 102 valence electrons. The van der Waals surface area contributed by atoms with Gasteiger partial charge in [0.15, 0.2) is 5.82 Å². The van der Waals surface area contributed by atoms with Crippen LogP contribution in [0.3, 0.4) is 0 Å². The summed E-state index contributed by atoms with van der Waals surface area (Å²) in [6.07, 6.45) is 5.34. The molecule has 1 aliphatic rings. The number of carboxylic acids is 1. The van der Waals surface area contributed by atoms with Gasteiger partial charge in [-0.15, -0.1) is 0 Å². The van der Waals surface area contributed by atoms with Crippen LogP contribution in [-0.4, -0.2) is 26.0 Å². The van der Waals surface area contributed by atoms with Gasteiger partial charge >= 0.3 is 5.97 Å². The van der Waals surface area contributed by atoms with Gasteiger partial charge in [0.2, 0.25) is 0 Å². The normalized spacial score (nSPS) is 17.6. The zero-order valence-electron chi connectivity index (χ0n) is 11.2. The van der Waals surface area contributed by atoms with Gasteiger partial charge in [0.25, 0.3) is 0 Å². The third-order valence-electron chi connectivity index (χ3n) is 3.64. The van der Waals surface area contributed by atoms with Crippen molar-refractivity contribution in [3.05, 3.63) is 41.3 Å². The second-order valence-corrected chi connectivity index (χ2v) is 5.16. The Morgan fingerprint density at radius 1 is 1.40 bits per heavy atom. The monoisotopic (exact) mass is 269 g/mol. The highest BCUT2D eigenvalue weighted by Crippen LogP contribution is 2.25. The molecule has 0 spiro atoms. The molecule has 0 bridgehead atoms. The maximum atomic E-state index is 11.0. The number of nitrogens with zero attached hydrogens (tertiary/aromatic N) is 3. The zero-order chi connectivity index (χ0) is 14.1. The predicted molar refractivity (Wildman–Crippen MR) is 73.2 cm³/mol. The van der Waals surface area contributed by atoms with E-state index in [4.69, 9.17) is 5.11 Å². The molecule has 1 N–H and O–H groups in total. The molecular weight excluding hydrogens is 254 g/mol. The summed E-state index contributed by atoms with van der Waals surface area (Å²) in [7, 11) is 0. The van der Waals surface area contributed by atoms with Crippen molar-refractivity contribution in [1.82, 2.24) is 15.0 Å². The number of carbonyl (C=O) groups is 1. The molecule has 0 saturated carbocycles. The lowest BCUT2D eigenvalue weighted by molar-refractivity contribution is -0.142. The average Bonchev–Trinajstić information content (AvgIpc) is 2.46. The largest absolute Gasteiger partial charge is 0.481 e. The molecule has 20 heavy (non-hydrogen) atoms. The van der Waals surface area contributed by atoms with Crippen molar-refractivity contribution in [3.63, 3.8) is 0 Å². The van der Waals surface area contributed by atoms with Crippen LogP contribution in [-0.2, 0) is 17.6 Å². The molecule has 2 aromatic rings. The lowest BCUT2D eigenvalue weighted by atomic mass is 9.87. The molecule has 0 fully saturated rings. The zero-order valence-corrected chi connectivity index (χ0v) is 11.2. The highest BCUT2D eigenvalue weighted by molar-refractivity contribution is 5.71. The van der Waals surface area contributed by atoms with Gasteiger partial charge in [0.05, 0.1) is 5.92 Å². The first-order valence-corrected chi connectivity index (χ1v) is 6.64. The minimum absolute atomic E-state index is 0.311. The fourth-order valence-electron chi connectivity index (χ4n) is 2.50. The molecule has 0 saturated heterocycles. The Labute approximate surface area is 116 Å². The summed E-state index contributed by atoms with van der Waals surface area (Å²) in [4.78, 5) is 24.2. The molecule has 0 radical (unpaired) electrons. The quantitative estimate of drug-likeness (QED) is 0.902. The van der Waals surface area contributed by atoms with Crippen LogP contribution in [0.25, 0.3) is 11.5 Å². The van der Waals surface area contributed by atoms with E-state index in [0.717, 1.165) is 22.5 Å². The number of rotatable bonds is 2. The molecule has 2 heterocycles. The molecular formula is C15H15N3O2. The third kappa shape index (κ3) is 2.39. The average molecular weight is 269 g/mol. The molecule has 3 rings (SSSR count). The highest BCUT2D eigenvalue weighted by Gasteiger charge is 2.25. The summed E-state index contributed by atoms with van der Waals surface area (Å²) in [5.41, 5.74) is 3.77. The lowest BCUT2D eigenvalue weighted by Gasteiger charge is -2.20. The van der Waals surface area contributed by atoms with Gasteiger partial charge in [-0.2, -0.15) is 0 Å². The van der Waals surface area contributed by atoms with Crippen molar-refractivity contribution in [2.75, 3.05) is 0 Å². The summed E-state index contributed by atoms with van der Waals surface area (Å²) in [6, 6.07) is 3.88. The van der Waals surface area contributed by atoms with Crippen molar-refractivity contribution in [1.29, 1.82) is 0 Å². The van der Waals surface area contributed by atoms with E-state index in [1.165, 1.54) is 0 Å². The summed E-state index contributed by atoms with van der Waals surface area (Å²) in [5, 5.41) is 9.08. The second-order valence-electron chi connectivity index (χ2n) is 5.16. The first-order chi connectivity index (χ1) is 9.63. The Morgan fingerprint density at radius 3 is 3.00 bits per heavy atom. The Hall–Kier alpha value is -2.30. The minimum Gasteiger partial charge on any atom is -0.481 e. The predicted octanol–water partition coefficient (Wildman–Crippen LogP) is 2.04. The van der Waals surface area contributed by atoms with Crippen LogP contribution >= 0.6 is 0 Å². The van der Waals surface area contributed by atoms with E-state index < -0.39 is 5.97 Å². The number of aromatic nitrogens is 3. The van der Waals surface area contributed by atoms with E-state index in [1.807, 2.05) is 19.1 Å². The van der Waals surface area contributed by atoms with Gasteiger partial charge in [-0.3, -0.25) is 9.78 Å². The van der Waals surface area contributed by atoms with E-state index in [-0.39, 0.29) is 5.92 Å². The Balaban J connectivity index is 1.93. The number of carboxylic acid groups (broad SMARTS) is 1. The van der Waals surface area contributed by atoms with Crippen molar-refractivity contribution >= 4 is 5.97 Å². The van der Waals surface area contributed by atoms with E-state index in [0.29, 0.717) is 25.1 Å². The molecule has 5 heteroatoms. The highest BCUT2D eigenvalue weighted by atomic mass is 16.4. The van der Waals surface area contributed by atoms with Crippen molar-refractivity contribution in [2.45, 2.75) is 26.2 Å². The third-order valence-corrected chi connectivity index (χ3v) is 3.64. The number of aryl methyl sites for hydroxylation is 2. The maximum absolute atomic E-state index is 11.0. The molecule has 0 aromatic carbocycles. The first-order valence-electron chi connectivity index (χ1n) is 6.64. The number of fused-ring (bicyclic) bond motifs is 1. The molecule has 1 unspecified atom stereocenters. The van der Waals surface area contributed by atoms with Crippen molar-refractivity contribution in [3.8, 4) is 11.5 Å². The Kier molecular flexibility index (Phi) is 3.18. The molecule has 5 nitrogen and oxygen atoms in total. The molecule has 0 amide bonds.